The lowest BCUT2D eigenvalue weighted by Gasteiger charge is -1.79. The Bertz CT molecular complexity index is 329. The van der Waals surface area contributed by atoms with Crippen molar-refractivity contribution in [3.63, 3.8) is 0 Å². The molecule has 2 N–H and O–H groups in total. The van der Waals surface area contributed by atoms with Gasteiger partial charge in [0.15, 0.2) is 5.13 Å². The van der Waals surface area contributed by atoms with Gasteiger partial charge in [0, 0.05) is 6.20 Å². The maximum atomic E-state index is 5.46. The van der Waals surface area contributed by atoms with Crippen molar-refractivity contribution in [3.05, 3.63) is 18.3 Å². The second kappa shape index (κ2) is 4.45. The molecule has 0 radical (unpaired) electrons. The molecule has 0 saturated carbocycles. The van der Waals surface area contributed by atoms with E-state index in [1.54, 1.807) is 6.20 Å². The number of nitrogen functional groups attached to an aromatic ring is 1. The lowest BCUT2D eigenvalue weighted by molar-refractivity contribution is 1.41. The molecule has 12 heavy (non-hydrogen) atoms. The molecule has 0 aliphatic rings. The quantitative estimate of drug-likeness (QED) is 0.745. The SMILES string of the molecule is Cl.Cl.Nc1nc2cccnc2s1. The van der Waals surface area contributed by atoms with Crippen molar-refractivity contribution in [3.8, 4) is 0 Å². The summed E-state index contributed by atoms with van der Waals surface area (Å²) in [5.74, 6) is 0. The van der Waals surface area contributed by atoms with Crippen molar-refractivity contribution in [1.29, 1.82) is 0 Å². The first-order chi connectivity index (χ1) is 4.86. The maximum absolute atomic E-state index is 5.46. The van der Waals surface area contributed by atoms with Gasteiger partial charge in [0.1, 0.15) is 10.3 Å². The van der Waals surface area contributed by atoms with Crippen LogP contribution in [-0.4, -0.2) is 9.97 Å². The normalized spacial score (nSPS) is 8.67. The maximum Gasteiger partial charge on any atom is 0.182 e. The van der Waals surface area contributed by atoms with Gasteiger partial charge in [0.05, 0.1) is 0 Å². The van der Waals surface area contributed by atoms with Gasteiger partial charge in [0.25, 0.3) is 0 Å². The van der Waals surface area contributed by atoms with E-state index in [2.05, 4.69) is 9.97 Å². The molecule has 0 unspecified atom stereocenters. The number of anilines is 1. The Hall–Kier alpha value is -0.580. The molecule has 0 aliphatic heterocycles. The highest BCUT2D eigenvalue weighted by molar-refractivity contribution is 7.21. The molecule has 0 spiro atoms. The van der Waals surface area contributed by atoms with Gasteiger partial charge in [-0.15, -0.1) is 24.8 Å². The lowest BCUT2D eigenvalue weighted by Crippen LogP contribution is -1.78. The lowest BCUT2D eigenvalue weighted by atomic mass is 10.5. The van der Waals surface area contributed by atoms with E-state index < -0.39 is 0 Å². The third-order valence-corrected chi connectivity index (χ3v) is 1.99. The van der Waals surface area contributed by atoms with Crippen LogP contribution in [0.1, 0.15) is 0 Å². The van der Waals surface area contributed by atoms with Crippen LogP contribution in [0.3, 0.4) is 0 Å². The third-order valence-electron chi connectivity index (χ3n) is 1.18. The van der Waals surface area contributed by atoms with Crippen LogP contribution in [0.2, 0.25) is 0 Å². The Kier molecular flexibility index (Phi) is 4.23. The predicted octanol–water partition coefficient (Wildman–Crippen LogP) is 2.12. The van der Waals surface area contributed by atoms with Crippen molar-refractivity contribution in [2.45, 2.75) is 0 Å². The zero-order chi connectivity index (χ0) is 6.97. The predicted molar refractivity (Wildman–Crippen MR) is 56.3 cm³/mol. The average Bonchev–Trinajstić information content (AvgIpc) is 2.27. The molecule has 2 aromatic heterocycles. The van der Waals surface area contributed by atoms with Crippen molar-refractivity contribution < 1.29 is 0 Å². The minimum absolute atomic E-state index is 0. The molecule has 0 bridgehead atoms. The minimum atomic E-state index is 0. The number of hydrogen-bond donors (Lipinski definition) is 1. The average molecular weight is 224 g/mol. The Morgan fingerprint density at radius 1 is 1.33 bits per heavy atom. The monoisotopic (exact) mass is 223 g/mol. The molecule has 6 heteroatoms. The first kappa shape index (κ1) is 11.4. The summed E-state index contributed by atoms with van der Waals surface area (Å²) in [7, 11) is 0. The first-order valence-electron chi connectivity index (χ1n) is 2.83. The second-order valence-electron chi connectivity index (χ2n) is 1.88. The summed E-state index contributed by atoms with van der Waals surface area (Å²) in [5.41, 5.74) is 6.34. The van der Waals surface area contributed by atoms with E-state index in [0.717, 1.165) is 10.3 Å². The highest BCUT2D eigenvalue weighted by Gasteiger charge is 1.97. The number of thiazole rings is 1. The number of halogens is 2. The van der Waals surface area contributed by atoms with Gasteiger partial charge < -0.3 is 5.73 Å². The summed E-state index contributed by atoms with van der Waals surface area (Å²) in [6, 6.07) is 3.75. The van der Waals surface area contributed by atoms with Crippen LogP contribution in [0.25, 0.3) is 10.3 Å². The highest BCUT2D eigenvalue weighted by atomic mass is 35.5. The van der Waals surface area contributed by atoms with Gasteiger partial charge >= 0.3 is 0 Å². The van der Waals surface area contributed by atoms with Gasteiger partial charge in [-0.3, -0.25) is 0 Å². The van der Waals surface area contributed by atoms with Crippen molar-refractivity contribution in [2.24, 2.45) is 0 Å². The molecular formula is C6H7Cl2N3S. The summed E-state index contributed by atoms with van der Waals surface area (Å²) in [6.45, 7) is 0. The summed E-state index contributed by atoms with van der Waals surface area (Å²) >= 11 is 1.41. The highest BCUT2D eigenvalue weighted by Crippen LogP contribution is 2.19. The third kappa shape index (κ3) is 1.97. The fraction of sp³-hybridized carbons (Fsp3) is 0. The Morgan fingerprint density at radius 3 is 2.75 bits per heavy atom. The van der Waals surface area contributed by atoms with Crippen molar-refractivity contribution >= 4 is 51.6 Å². The number of nitrogens with two attached hydrogens (primary N) is 1. The molecule has 0 aliphatic carbocycles. The van der Waals surface area contributed by atoms with Crippen LogP contribution in [-0.2, 0) is 0 Å². The topological polar surface area (TPSA) is 51.8 Å². The van der Waals surface area contributed by atoms with Crippen molar-refractivity contribution in [1.82, 2.24) is 9.97 Å². The van der Waals surface area contributed by atoms with Crippen LogP contribution < -0.4 is 5.73 Å². The number of aromatic nitrogens is 2. The second-order valence-corrected chi connectivity index (χ2v) is 2.89. The fourth-order valence-electron chi connectivity index (χ4n) is 0.787. The summed E-state index contributed by atoms with van der Waals surface area (Å²) < 4.78 is 0. The van der Waals surface area contributed by atoms with E-state index in [-0.39, 0.29) is 24.8 Å². The number of hydrogen-bond acceptors (Lipinski definition) is 4. The summed E-state index contributed by atoms with van der Waals surface area (Å²) in [6.07, 6.45) is 1.74. The van der Waals surface area contributed by atoms with E-state index in [9.17, 15) is 0 Å². The Balaban J connectivity index is 0.000000605. The smallest absolute Gasteiger partial charge is 0.182 e. The Labute approximate surface area is 85.8 Å². The minimum Gasteiger partial charge on any atom is -0.375 e. The van der Waals surface area contributed by atoms with Gasteiger partial charge in [-0.1, -0.05) is 11.3 Å². The molecule has 2 aromatic rings. The number of nitrogens with zero attached hydrogens (tertiary/aromatic N) is 2. The molecule has 0 fully saturated rings. The summed E-state index contributed by atoms with van der Waals surface area (Å²) in [5, 5.41) is 0.578. The van der Waals surface area contributed by atoms with Gasteiger partial charge in [-0.2, -0.15) is 0 Å². The van der Waals surface area contributed by atoms with Crippen LogP contribution in [0, 0.1) is 0 Å². The van der Waals surface area contributed by atoms with E-state index in [1.807, 2.05) is 12.1 Å². The van der Waals surface area contributed by atoms with Gasteiger partial charge in [-0.05, 0) is 12.1 Å². The van der Waals surface area contributed by atoms with Crippen molar-refractivity contribution in [2.75, 3.05) is 5.73 Å². The van der Waals surface area contributed by atoms with Crippen LogP contribution in [0.4, 0.5) is 5.13 Å². The van der Waals surface area contributed by atoms with E-state index in [4.69, 9.17) is 5.73 Å². The first-order valence-corrected chi connectivity index (χ1v) is 3.65. The molecule has 2 heterocycles. The Morgan fingerprint density at radius 2 is 2.08 bits per heavy atom. The number of pyridine rings is 1. The van der Waals surface area contributed by atoms with E-state index in [1.165, 1.54) is 11.3 Å². The number of rotatable bonds is 0. The summed E-state index contributed by atoms with van der Waals surface area (Å²) in [4.78, 5) is 9.03. The molecule has 0 saturated heterocycles. The molecule has 0 aromatic carbocycles. The zero-order valence-corrected chi connectivity index (χ0v) is 8.38. The number of fused-ring (bicyclic) bond motifs is 1. The van der Waals surface area contributed by atoms with Gasteiger partial charge in [-0.25, -0.2) is 9.97 Å². The molecule has 3 nitrogen and oxygen atoms in total. The standard InChI is InChI=1S/C6H5N3S.2ClH/c7-6-9-4-2-1-3-8-5(4)10-6;;/h1-3H,(H2,7,9);2*1H. The molecule has 66 valence electrons. The molecule has 2 rings (SSSR count). The van der Waals surface area contributed by atoms with E-state index >= 15 is 0 Å². The largest absolute Gasteiger partial charge is 0.375 e. The molecule has 0 atom stereocenters. The van der Waals surface area contributed by atoms with Gasteiger partial charge in [0.2, 0.25) is 0 Å². The molecular weight excluding hydrogens is 217 g/mol. The van der Waals surface area contributed by atoms with Crippen LogP contribution in [0.5, 0.6) is 0 Å². The van der Waals surface area contributed by atoms with Crippen LogP contribution in [0.15, 0.2) is 18.3 Å². The van der Waals surface area contributed by atoms with E-state index in [0.29, 0.717) is 5.13 Å². The fourth-order valence-corrected chi connectivity index (χ4v) is 1.46. The molecule has 0 amide bonds. The van der Waals surface area contributed by atoms with Crippen LogP contribution >= 0.6 is 36.2 Å². The zero-order valence-electron chi connectivity index (χ0n) is 5.93.